The molecule has 2 heteroatoms. The van der Waals surface area contributed by atoms with Crippen LogP contribution in [-0.2, 0) is 0 Å². The lowest BCUT2D eigenvalue weighted by molar-refractivity contribution is 0.246. The minimum absolute atomic E-state index is 0.540. The number of hydrogen-bond acceptors (Lipinski definition) is 2. The Morgan fingerprint density at radius 1 is 1.19 bits per heavy atom. The normalized spacial score (nSPS) is 21.8. The maximum atomic E-state index is 4.45. The maximum absolute atomic E-state index is 4.45. The summed E-state index contributed by atoms with van der Waals surface area (Å²) in [5.41, 5.74) is 1.23. The van der Waals surface area contributed by atoms with Gasteiger partial charge in [0.2, 0.25) is 0 Å². The van der Waals surface area contributed by atoms with Gasteiger partial charge >= 0.3 is 0 Å². The van der Waals surface area contributed by atoms with Gasteiger partial charge in [-0.3, -0.25) is 9.88 Å². The zero-order valence-corrected chi connectivity index (χ0v) is 10.8. The lowest BCUT2D eigenvalue weighted by Gasteiger charge is -2.24. The largest absolute Gasteiger partial charge is 0.298 e. The average molecular weight is 220 g/mol. The van der Waals surface area contributed by atoms with Crippen molar-refractivity contribution in [3.05, 3.63) is 30.1 Å². The van der Waals surface area contributed by atoms with Crippen LogP contribution in [0.3, 0.4) is 0 Å². The zero-order valence-electron chi connectivity index (χ0n) is 10.8. The minimum atomic E-state index is 0.540. The maximum Gasteiger partial charge on any atom is 0.0575 e. The molecule has 1 aromatic heterocycles. The number of aromatic nitrogens is 1. The zero-order chi connectivity index (χ0) is 11.8. The lowest BCUT2D eigenvalue weighted by Crippen LogP contribution is -2.24. The van der Waals surface area contributed by atoms with Gasteiger partial charge in [-0.15, -0.1) is 0 Å². The summed E-state index contributed by atoms with van der Waals surface area (Å²) in [6.07, 6.45) is 7.20. The molecule has 1 fully saturated rings. The first-order valence-corrected chi connectivity index (χ1v) is 6.49. The van der Waals surface area contributed by atoms with E-state index in [1.165, 1.54) is 37.9 Å². The molecule has 2 rings (SSSR count). The molecule has 1 aromatic rings. The van der Waals surface area contributed by atoms with E-state index in [1.54, 1.807) is 0 Å². The summed E-state index contributed by atoms with van der Waals surface area (Å²) in [4.78, 5) is 6.89. The van der Waals surface area contributed by atoms with Gasteiger partial charge in [-0.05, 0) is 38.6 Å². The molecule has 1 saturated heterocycles. The summed E-state index contributed by atoms with van der Waals surface area (Å²) in [5, 5.41) is 0. The van der Waals surface area contributed by atoms with Crippen LogP contribution in [0.5, 0.6) is 0 Å². The van der Waals surface area contributed by atoms with E-state index >= 15 is 0 Å². The number of likely N-dealkylation sites (tertiary alicyclic amines) is 1. The molecule has 1 aliphatic rings. The predicted octanol–water partition coefficient (Wildman–Crippen LogP) is 3.65. The van der Waals surface area contributed by atoms with E-state index in [-0.39, 0.29) is 0 Å². The van der Waals surface area contributed by atoms with E-state index in [4.69, 9.17) is 0 Å². The van der Waals surface area contributed by atoms with Crippen molar-refractivity contribution in [1.29, 1.82) is 0 Å². The molecule has 0 amide bonds. The second kappa shape index (κ2) is 7.39. The number of nitrogens with zero attached hydrogens (tertiary/aromatic N) is 2. The average Bonchev–Trinajstić information content (AvgIpc) is 2.58. The SMILES string of the molecule is CC.CN1CCCCCC1c1ccccn1. The van der Waals surface area contributed by atoms with E-state index in [0.717, 1.165) is 0 Å². The van der Waals surface area contributed by atoms with Gasteiger partial charge in [0.25, 0.3) is 0 Å². The first kappa shape index (κ1) is 13.2. The van der Waals surface area contributed by atoms with Crippen LogP contribution in [-0.4, -0.2) is 23.5 Å². The Kier molecular flexibility index (Phi) is 6.09. The third-order valence-corrected chi connectivity index (χ3v) is 3.05. The van der Waals surface area contributed by atoms with E-state index in [1.807, 2.05) is 26.1 Å². The molecule has 0 radical (unpaired) electrons. The first-order valence-electron chi connectivity index (χ1n) is 6.49. The smallest absolute Gasteiger partial charge is 0.0575 e. The molecule has 0 aliphatic carbocycles. The highest BCUT2D eigenvalue weighted by molar-refractivity contribution is 5.09. The van der Waals surface area contributed by atoms with Gasteiger partial charge in [-0.2, -0.15) is 0 Å². The van der Waals surface area contributed by atoms with Crippen LogP contribution >= 0.6 is 0 Å². The molecular weight excluding hydrogens is 196 g/mol. The molecule has 0 bridgehead atoms. The standard InChI is InChI=1S/C12H18N2.C2H6/c1-14-10-6-2-3-8-12(14)11-7-4-5-9-13-11;1-2/h4-5,7,9,12H,2-3,6,8,10H2,1H3;1-2H3. The molecular formula is C14H24N2. The molecule has 16 heavy (non-hydrogen) atoms. The van der Waals surface area contributed by atoms with Crippen molar-refractivity contribution in [2.24, 2.45) is 0 Å². The van der Waals surface area contributed by atoms with E-state index in [9.17, 15) is 0 Å². The van der Waals surface area contributed by atoms with Crippen molar-refractivity contribution < 1.29 is 0 Å². The highest BCUT2D eigenvalue weighted by Gasteiger charge is 2.19. The fourth-order valence-electron chi connectivity index (χ4n) is 2.20. The molecule has 2 nitrogen and oxygen atoms in total. The third-order valence-electron chi connectivity index (χ3n) is 3.05. The van der Waals surface area contributed by atoms with Crippen molar-refractivity contribution >= 4 is 0 Å². The van der Waals surface area contributed by atoms with Crippen molar-refractivity contribution in [1.82, 2.24) is 9.88 Å². The summed E-state index contributed by atoms with van der Waals surface area (Å²) >= 11 is 0. The van der Waals surface area contributed by atoms with Crippen molar-refractivity contribution in [2.45, 2.75) is 45.6 Å². The third kappa shape index (κ3) is 3.60. The summed E-state index contributed by atoms with van der Waals surface area (Å²) in [5.74, 6) is 0. The van der Waals surface area contributed by atoms with Gasteiger partial charge in [-0.25, -0.2) is 0 Å². The first-order chi connectivity index (χ1) is 7.88. The Morgan fingerprint density at radius 3 is 2.69 bits per heavy atom. The molecule has 1 aliphatic heterocycles. The Balaban J connectivity index is 0.000000606. The summed E-state index contributed by atoms with van der Waals surface area (Å²) in [6.45, 7) is 5.21. The van der Waals surface area contributed by atoms with Crippen LogP contribution in [0.1, 0.15) is 51.3 Å². The molecule has 0 N–H and O–H groups in total. The van der Waals surface area contributed by atoms with Gasteiger partial charge in [0, 0.05) is 6.20 Å². The highest BCUT2D eigenvalue weighted by Crippen LogP contribution is 2.26. The monoisotopic (exact) mass is 220 g/mol. The van der Waals surface area contributed by atoms with E-state index in [0.29, 0.717) is 6.04 Å². The fourth-order valence-corrected chi connectivity index (χ4v) is 2.20. The van der Waals surface area contributed by atoms with Crippen LogP contribution < -0.4 is 0 Å². The molecule has 1 atom stereocenters. The number of hydrogen-bond donors (Lipinski definition) is 0. The molecule has 90 valence electrons. The Morgan fingerprint density at radius 2 is 2.00 bits per heavy atom. The van der Waals surface area contributed by atoms with Gasteiger partial charge in [0.15, 0.2) is 0 Å². The van der Waals surface area contributed by atoms with Gasteiger partial charge in [-0.1, -0.05) is 32.8 Å². The Hall–Kier alpha value is -0.890. The summed E-state index contributed by atoms with van der Waals surface area (Å²) in [7, 11) is 2.21. The second-order valence-electron chi connectivity index (χ2n) is 4.10. The number of pyridine rings is 1. The highest BCUT2D eigenvalue weighted by atomic mass is 15.1. The van der Waals surface area contributed by atoms with Crippen LogP contribution in [0.4, 0.5) is 0 Å². The van der Waals surface area contributed by atoms with Crippen molar-refractivity contribution in [3.8, 4) is 0 Å². The summed E-state index contributed by atoms with van der Waals surface area (Å²) in [6, 6.07) is 6.76. The minimum Gasteiger partial charge on any atom is -0.298 e. The fraction of sp³-hybridized carbons (Fsp3) is 0.643. The molecule has 1 unspecified atom stereocenters. The number of rotatable bonds is 1. The van der Waals surface area contributed by atoms with Crippen LogP contribution in [0.15, 0.2) is 24.4 Å². The Bertz CT molecular complexity index is 271. The van der Waals surface area contributed by atoms with Gasteiger partial charge in [0.05, 0.1) is 11.7 Å². The van der Waals surface area contributed by atoms with Crippen molar-refractivity contribution in [3.63, 3.8) is 0 Å². The quantitative estimate of drug-likeness (QED) is 0.718. The van der Waals surface area contributed by atoms with Crippen LogP contribution in [0, 0.1) is 0 Å². The molecule has 0 saturated carbocycles. The second-order valence-corrected chi connectivity index (χ2v) is 4.10. The molecule has 2 heterocycles. The van der Waals surface area contributed by atoms with E-state index in [2.05, 4.69) is 29.1 Å². The topological polar surface area (TPSA) is 16.1 Å². The van der Waals surface area contributed by atoms with Crippen LogP contribution in [0.25, 0.3) is 0 Å². The van der Waals surface area contributed by atoms with Crippen LogP contribution in [0.2, 0.25) is 0 Å². The predicted molar refractivity (Wildman–Crippen MR) is 69.4 cm³/mol. The van der Waals surface area contributed by atoms with Gasteiger partial charge < -0.3 is 0 Å². The van der Waals surface area contributed by atoms with Crippen molar-refractivity contribution in [2.75, 3.05) is 13.6 Å². The molecule has 0 aromatic carbocycles. The Labute approximate surface area is 99.7 Å². The molecule has 0 spiro atoms. The van der Waals surface area contributed by atoms with E-state index < -0.39 is 0 Å². The summed E-state index contributed by atoms with van der Waals surface area (Å²) < 4.78 is 0. The lowest BCUT2D eigenvalue weighted by atomic mass is 10.1. The van der Waals surface area contributed by atoms with Gasteiger partial charge in [0.1, 0.15) is 0 Å².